The van der Waals surface area contributed by atoms with E-state index in [1.807, 2.05) is 17.0 Å². The van der Waals surface area contributed by atoms with E-state index in [1.165, 1.54) is 0 Å². The first-order valence-electron chi connectivity index (χ1n) is 6.46. The molecule has 0 aromatic heterocycles. The zero-order valence-electron chi connectivity index (χ0n) is 11.3. The van der Waals surface area contributed by atoms with E-state index in [0.29, 0.717) is 10.8 Å². The summed E-state index contributed by atoms with van der Waals surface area (Å²) >= 11 is 6.02. The summed E-state index contributed by atoms with van der Waals surface area (Å²) < 4.78 is 5.65. The SMILES string of the molecule is CC(Oc1ccccc1Cl)C(=O)N1CCN(C)CC1. The van der Waals surface area contributed by atoms with Crippen LogP contribution in [0.2, 0.25) is 5.02 Å². The molecule has 0 aliphatic carbocycles. The molecule has 4 nitrogen and oxygen atoms in total. The summed E-state index contributed by atoms with van der Waals surface area (Å²) in [5, 5.41) is 0.528. The van der Waals surface area contributed by atoms with E-state index in [9.17, 15) is 4.79 Å². The molecule has 1 saturated heterocycles. The highest BCUT2D eigenvalue weighted by atomic mass is 35.5. The Morgan fingerprint density at radius 2 is 1.89 bits per heavy atom. The molecule has 1 aliphatic heterocycles. The van der Waals surface area contributed by atoms with Crippen molar-refractivity contribution in [3.05, 3.63) is 29.3 Å². The number of para-hydroxylation sites is 1. The van der Waals surface area contributed by atoms with Crippen LogP contribution in [0.3, 0.4) is 0 Å². The van der Waals surface area contributed by atoms with Crippen molar-refractivity contribution >= 4 is 17.5 Å². The Hall–Kier alpha value is -1.26. The largest absolute Gasteiger partial charge is 0.479 e. The first kappa shape index (κ1) is 14.2. The second kappa shape index (κ2) is 6.26. The van der Waals surface area contributed by atoms with Gasteiger partial charge in [-0.3, -0.25) is 4.79 Å². The molecule has 2 rings (SSSR count). The van der Waals surface area contributed by atoms with E-state index in [2.05, 4.69) is 11.9 Å². The molecule has 1 aliphatic rings. The molecule has 0 N–H and O–H groups in total. The molecule has 1 amide bonds. The third-order valence-electron chi connectivity index (χ3n) is 3.30. The van der Waals surface area contributed by atoms with Gasteiger partial charge in [-0.05, 0) is 26.1 Å². The molecule has 1 fully saturated rings. The molecule has 1 aromatic carbocycles. The number of piperazine rings is 1. The minimum atomic E-state index is -0.511. The van der Waals surface area contributed by atoms with Crippen LogP contribution < -0.4 is 4.74 Å². The summed E-state index contributed by atoms with van der Waals surface area (Å²) in [6, 6.07) is 7.20. The Balaban J connectivity index is 1.94. The van der Waals surface area contributed by atoms with Crippen molar-refractivity contribution in [1.82, 2.24) is 9.80 Å². The van der Waals surface area contributed by atoms with Crippen molar-refractivity contribution < 1.29 is 9.53 Å². The number of carbonyl (C=O) groups excluding carboxylic acids is 1. The summed E-state index contributed by atoms with van der Waals surface area (Å²) in [5.74, 6) is 0.576. The Morgan fingerprint density at radius 3 is 2.53 bits per heavy atom. The normalized spacial score (nSPS) is 18.2. The highest BCUT2D eigenvalue weighted by molar-refractivity contribution is 6.32. The van der Waals surface area contributed by atoms with Crippen LogP contribution in [0.1, 0.15) is 6.92 Å². The van der Waals surface area contributed by atoms with E-state index >= 15 is 0 Å². The molecule has 1 atom stereocenters. The quantitative estimate of drug-likeness (QED) is 0.849. The smallest absolute Gasteiger partial charge is 0.263 e. The second-order valence-electron chi connectivity index (χ2n) is 4.82. The van der Waals surface area contributed by atoms with Gasteiger partial charge >= 0.3 is 0 Å². The van der Waals surface area contributed by atoms with Crippen molar-refractivity contribution in [2.75, 3.05) is 33.2 Å². The number of ether oxygens (including phenoxy) is 1. The summed E-state index contributed by atoms with van der Waals surface area (Å²) in [5.41, 5.74) is 0. The second-order valence-corrected chi connectivity index (χ2v) is 5.23. The van der Waals surface area contributed by atoms with Gasteiger partial charge in [0.25, 0.3) is 5.91 Å². The van der Waals surface area contributed by atoms with Crippen molar-refractivity contribution in [2.45, 2.75) is 13.0 Å². The molecule has 0 radical (unpaired) electrons. The third kappa shape index (κ3) is 3.61. The van der Waals surface area contributed by atoms with Gasteiger partial charge in [-0.25, -0.2) is 0 Å². The number of carbonyl (C=O) groups is 1. The Kier molecular flexibility index (Phi) is 4.66. The van der Waals surface area contributed by atoms with E-state index in [0.717, 1.165) is 26.2 Å². The number of hydrogen-bond donors (Lipinski definition) is 0. The fourth-order valence-electron chi connectivity index (χ4n) is 2.07. The number of hydrogen-bond acceptors (Lipinski definition) is 3. The predicted octanol–water partition coefficient (Wildman–Crippen LogP) is 1.88. The van der Waals surface area contributed by atoms with E-state index in [-0.39, 0.29) is 5.91 Å². The zero-order chi connectivity index (χ0) is 13.8. The lowest BCUT2D eigenvalue weighted by Gasteiger charge is -2.33. The maximum atomic E-state index is 12.3. The molecule has 5 heteroatoms. The lowest BCUT2D eigenvalue weighted by Crippen LogP contribution is -2.50. The molecule has 1 heterocycles. The molecule has 0 bridgehead atoms. The number of rotatable bonds is 3. The lowest BCUT2D eigenvalue weighted by molar-refractivity contribution is -0.139. The first-order chi connectivity index (χ1) is 9.08. The average molecular weight is 283 g/mol. The van der Waals surface area contributed by atoms with Gasteiger partial charge in [-0.1, -0.05) is 23.7 Å². The standard InChI is InChI=1S/C14H19ClN2O2/c1-11(19-13-6-4-3-5-12(13)15)14(18)17-9-7-16(2)8-10-17/h3-6,11H,7-10H2,1-2H3. The summed E-state index contributed by atoms with van der Waals surface area (Å²) in [6.07, 6.45) is -0.511. The van der Waals surface area contributed by atoms with Crippen LogP contribution in [-0.2, 0) is 4.79 Å². The van der Waals surface area contributed by atoms with Gasteiger partial charge in [0.05, 0.1) is 5.02 Å². The summed E-state index contributed by atoms with van der Waals surface area (Å²) in [7, 11) is 2.06. The Bertz CT molecular complexity index is 445. The topological polar surface area (TPSA) is 32.8 Å². The van der Waals surface area contributed by atoms with Gasteiger partial charge in [-0.2, -0.15) is 0 Å². The van der Waals surface area contributed by atoms with Crippen molar-refractivity contribution in [3.8, 4) is 5.75 Å². The minimum Gasteiger partial charge on any atom is -0.479 e. The number of halogens is 1. The molecule has 0 spiro atoms. The predicted molar refractivity (Wildman–Crippen MR) is 75.6 cm³/mol. The summed E-state index contributed by atoms with van der Waals surface area (Å²) in [4.78, 5) is 16.3. The van der Waals surface area contributed by atoms with Gasteiger partial charge in [0, 0.05) is 26.2 Å². The van der Waals surface area contributed by atoms with Crippen LogP contribution in [-0.4, -0.2) is 55.0 Å². The van der Waals surface area contributed by atoms with Crippen molar-refractivity contribution in [1.29, 1.82) is 0 Å². The molecule has 1 unspecified atom stereocenters. The van der Waals surface area contributed by atoms with Crippen LogP contribution in [0.25, 0.3) is 0 Å². The lowest BCUT2D eigenvalue weighted by atomic mass is 10.2. The van der Waals surface area contributed by atoms with Crippen molar-refractivity contribution in [2.24, 2.45) is 0 Å². The van der Waals surface area contributed by atoms with E-state index in [1.54, 1.807) is 19.1 Å². The Labute approximate surface area is 118 Å². The summed E-state index contributed by atoms with van der Waals surface area (Å²) in [6.45, 7) is 5.09. The van der Waals surface area contributed by atoms with Crippen LogP contribution in [0, 0.1) is 0 Å². The highest BCUT2D eigenvalue weighted by Gasteiger charge is 2.25. The number of amides is 1. The monoisotopic (exact) mass is 282 g/mol. The maximum absolute atomic E-state index is 12.3. The molecule has 19 heavy (non-hydrogen) atoms. The van der Waals surface area contributed by atoms with Gasteiger partial charge in [0.15, 0.2) is 6.10 Å². The van der Waals surface area contributed by atoms with Crippen molar-refractivity contribution in [3.63, 3.8) is 0 Å². The van der Waals surface area contributed by atoms with Gasteiger partial charge in [0.2, 0.25) is 0 Å². The van der Waals surface area contributed by atoms with Gasteiger partial charge in [-0.15, -0.1) is 0 Å². The average Bonchev–Trinajstić information content (AvgIpc) is 2.41. The first-order valence-corrected chi connectivity index (χ1v) is 6.84. The minimum absolute atomic E-state index is 0.0213. The number of nitrogens with zero attached hydrogens (tertiary/aromatic N) is 2. The van der Waals surface area contributed by atoms with E-state index < -0.39 is 6.10 Å². The highest BCUT2D eigenvalue weighted by Crippen LogP contribution is 2.24. The molecule has 104 valence electrons. The van der Waals surface area contributed by atoms with Crippen LogP contribution in [0.15, 0.2) is 24.3 Å². The molecule has 0 saturated carbocycles. The number of likely N-dealkylation sites (N-methyl/N-ethyl adjacent to an activating group) is 1. The number of benzene rings is 1. The third-order valence-corrected chi connectivity index (χ3v) is 3.62. The molecular formula is C14H19ClN2O2. The van der Waals surface area contributed by atoms with Crippen LogP contribution in [0.4, 0.5) is 0 Å². The molecule has 1 aromatic rings. The van der Waals surface area contributed by atoms with Gasteiger partial charge < -0.3 is 14.5 Å². The van der Waals surface area contributed by atoms with Crippen LogP contribution in [0.5, 0.6) is 5.75 Å². The van der Waals surface area contributed by atoms with Crippen LogP contribution >= 0.6 is 11.6 Å². The van der Waals surface area contributed by atoms with E-state index in [4.69, 9.17) is 16.3 Å². The fourth-order valence-corrected chi connectivity index (χ4v) is 2.25. The fraction of sp³-hybridized carbons (Fsp3) is 0.500. The zero-order valence-corrected chi connectivity index (χ0v) is 12.1. The Morgan fingerprint density at radius 1 is 1.26 bits per heavy atom. The maximum Gasteiger partial charge on any atom is 0.263 e. The molecular weight excluding hydrogens is 264 g/mol. The van der Waals surface area contributed by atoms with Gasteiger partial charge in [0.1, 0.15) is 5.75 Å².